The van der Waals surface area contributed by atoms with Gasteiger partial charge in [0.25, 0.3) is 0 Å². The number of hydrogen-bond acceptors (Lipinski definition) is 5. The highest BCUT2D eigenvalue weighted by molar-refractivity contribution is 5.92. The van der Waals surface area contributed by atoms with Crippen molar-refractivity contribution in [2.24, 2.45) is 0 Å². The third kappa shape index (κ3) is 2.08. The zero-order valence-electron chi connectivity index (χ0n) is 12.5. The highest BCUT2D eigenvalue weighted by Crippen LogP contribution is 2.31. The number of hydrogen-bond donors (Lipinski definition) is 0. The first-order chi connectivity index (χ1) is 10.2. The summed E-state index contributed by atoms with van der Waals surface area (Å²) in [5, 5.41) is 1.17. The smallest absolute Gasteiger partial charge is 0.140 e. The van der Waals surface area contributed by atoms with Gasteiger partial charge in [0.15, 0.2) is 0 Å². The Labute approximate surface area is 124 Å². The van der Waals surface area contributed by atoms with Crippen LogP contribution in [0.3, 0.4) is 0 Å². The number of fused-ring (bicyclic) bond motifs is 2. The first kappa shape index (κ1) is 13.0. The Morgan fingerprint density at radius 2 is 2.14 bits per heavy atom. The van der Waals surface area contributed by atoms with Crippen LogP contribution in [0.1, 0.15) is 5.56 Å². The molecule has 1 aromatic heterocycles. The molecule has 0 N–H and O–H groups in total. The number of aryl methyl sites for hydroxylation is 1. The Kier molecular flexibility index (Phi) is 3.05. The van der Waals surface area contributed by atoms with Crippen molar-refractivity contribution < 1.29 is 4.74 Å². The van der Waals surface area contributed by atoms with Gasteiger partial charge in [0.2, 0.25) is 0 Å². The summed E-state index contributed by atoms with van der Waals surface area (Å²) in [5.74, 6) is 1.05. The highest BCUT2D eigenvalue weighted by Gasteiger charge is 2.39. The molecule has 0 saturated carbocycles. The average Bonchev–Trinajstić information content (AvgIpc) is 2.92. The van der Waals surface area contributed by atoms with Crippen LogP contribution in [0.4, 0.5) is 5.82 Å². The second kappa shape index (κ2) is 4.93. The van der Waals surface area contributed by atoms with Crippen LogP contribution in [0, 0.1) is 6.92 Å². The number of benzene rings is 1. The molecule has 4 rings (SSSR count). The monoisotopic (exact) mass is 284 g/mol. The molecule has 2 aliphatic heterocycles. The number of anilines is 1. The van der Waals surface area contributed by atoms with Gasteiger partial charge in [-0.3, -0.25) is 4.90 Å². The predicted molar refractivity (Wildman–Crippen MR) is 82.6 cm³/mol. The Morgan fingerprint density at radius 3 is 3.00 bits per heavy atom. The number of aromatic nitrogens is 2. The summed E-state index contributed by atoms with van der Waals surface area (Å²) in [6, 6.07) is 6.70. The number of morpholine rings is 1. The van der Waals surface area contributed by atoms with Crippen molar-refractivity contribution >= 4 is 16.7 Å². The van der Waals surface area contributed by atoms with E-state index in [1.165, 1.54) is 10.9 Å². The summed E-state index contributed by atoms with van der Waals surface area (Å²) in [4.78, 5) is 13.7. The molecule has 2 fully saturated rings. The third-order valence-corrected chi connectivity index (χ3v) is 4.73. The van der Waals surface area contributed by atoms with E-state index in [-0.39, 0.29) is 6.10 Å². The van der Waals surface area contributed by atoms with Crippen LogP contribution >= 0.6 is 0 Å². The number of likely N-dealkylation sites (N-methyl/N-ethyl adjacent to an activating group) is 1. The van der Waals surface area contributed by atoms with Gasteiger partial charge >= 0.3 is 0 Å². The molecule has 3 heterocycles. The van der Waals surface area contributed by atoms with Gasteiger partial charge in [-0.25, -0.2) is 9.97 Å². The maximum Gasteiger partial charge on any atom is 0.140 e. The van der Waals surface area contributed by atoms with Crippen molar-refractivity contribution in [1.82, 2.24) is 14.9 Å². The first-order valence-corrected chi connectivity index (χ1v) is 7.51. The molecule has 2 unspecified atom stereocenters. The van der Waals surface area contributed by atoms with Gasteiger partial charge in [0.1, 0.15) is 12.1 Å². The fraction of sp³-hybridized carbons (Fsp3) is 0.500. The van der Waals surface area contributed by atoms with Gasteiger partial charge in [-0.15, -0.1) is 0 Å². The molecule has 0 radical (unpaired) electrons. The van der Waals surface area contributed by atoms with Crippen LogP contribution in [0.2, 0.25) is 0 Å². The lowest BCUT2D eigenvalue weighted by atomic mass is 10.1. The normalized spacial score (nSPS) is 26.3. The second-order valence-corrected chi connectivity index (χ2v) is 6.03. The van der Waals surface area contributed by atoms with Crippen molar-refractivity contribution in [3.63, 3.8) is 0 Å². The molecule has 110 valence electrons. The van der Waals surface area contributed by atoms with E-state index in [4.69, 9.17) is 4.74 Å². The van der Waals surface area contributed by atoms with Crippen molar-refractivity contribution in [2.75, 3.05) is 38.2 Å². The lowest BCUT2D eigenvalue weighted by Gasteiger charge is -2.33. The Hall–Kier alpha value is -1.72. The van der Waals surface area contributed by atoms with E-state index in [0.29, 0.717) is 6.04 Å². The van der Waals surface area contributed by atoms with E-state index in [2.05, 4.69) is 51.9 Å². The van der Waals surface area contributed by atoms with Crippen molar-refractivity contribution in [2.45, 2.75) is 19.1 Å². The molecule has 0 bridgehead atoms. The fourth-order valence-corrected chi connectivity index (χ4v) is 3.53. The van der Waals surface area contributed by atoms with Crippen LogP contribution in [0.5, 0.6) is 0 Å². The quantitative estimate of drug-likeness (QED) is 0.793. The topological polar surface area (TPSA) is 41.5 Å². The number of nitrogens with zero attached hydrogens (tertiary/aromatic N) is 4. The van der Waals surface area contributed by atoms with E-state index >= 15 is 0 Å². The average molecular weight is 284 g/mol. The van der Waals surface area contributed by atoms with Gasteiger partial charge in [0.05, 0.1) is 24.3 Å². The molecule has 0 spiro atoms. The molecule has 0 aliphatic carbocycles. The van der Waals surface area contributed by atoms with Crippen LogP contribution < -0.4 is 4.90 Å². The summed E-state index contributed by atoms with van der Waals surface area (Å²) in [7, 11) is 2.19. The Bertz CT molecular complexity index is 669. The third-order valence-electron chi connectivity index (χ3n) is 4.73. The number of rotatable bonds is 1. The van der Waals surface area contributed by atoms with Crippen LogP contribution in [-0.2, 0) is 4.74 Å². The van der Waals surface area contributed by atoms with E-state index in [1.54, 1.807) is 6.33 Å². The molecule has 2 aromatic rings. The molecule has 0 amide bonds. The molecule has 21 heavy (non-hydrogen) atoms. The van der Waals surface area contributed by atoms with Gasteiger partial charge in [-0.05, 0) is 25.6 Å². The van der Waals surface area contributed by atoms with E-state index < -0.39 is 0 Å². The summed E-state index contributed by atoms with van der Waals surface area (Å²) in [6.45, 7) is 5.85. The molecule has 2 atom stereocenters. The predicted octanol–water partition coefficient (Wildman–Crippen LogP) is 1.46. The summed E-state index contributed by atoms with van der Waals surface area (Å²) >= 11 is 0. The summed E-state index contributed by atoms with van der Waals surface area (Å²) < 4.78 is 5.94. The lowest BCUT2D eigenvalue weighted by Crippen LogP contribution is -2.48. The fourth-order valence-electron chi connectivity index (χ4n) is 3.53. The van der Waals surface area contributed by atoms with Crippen molar-refractivity contribution in [3.05, 3.63) is 30.1 Å². The molecule has 1 aromatic carbocycles. The van der Waals surface area contributed by atoms with Gasteiger partial charge in [-0.1, -0.05) is 12.1 Å². The summed E-state index contributed by atoms with van der Waals surface area (Å²) in [6.07, 6.45) is 1.96. The molecule has 2 aliphatic rings. The molecule has 5 heteroatoms. The maximum absolute atomic E-state index is 5.94. The zero-order valence-corrected chi connectivity index (χ0v) is 12.5. The number of ether oxygens (including phenoxy) is 1. The highest BCUT2D eigenvalue weighted by atomic mass is 16.5. The Balaban J connectivity index is 1.75. The molecule has 5 nitrogen and oxygen atoms in total. The maximum atomic E-state index is 5.94. The second-order valence-electron chi connectivity index (χ2n) is 6.03. The minimum atomic E-state index is 0.290. The lowest BCUT2D eigenvalue weighted by molar-refractivity contribution is -0.0362. The van der Waals surface area contributed by atoms with Gasteiger partial charge in [0, 0.05) is 25.0 Å². The van der Waals surface area contributed by atoms with Crippen LogP contribution in [0.15, 0.2) is 24.5 Å². The largest absolute Gasteiger partial charge is 0.373 e. The van der Waals surface area contributed by atoms with Crippen molar-refractivity contribution in [3.8, 4) is 0 Å². The Morgan fingerprint density at radius 1 is 1.24 bits per heavy atom. The molecular weight excluding hydrogens is 264 g/mol. The molecular formula is C16H20N4O. The first-order valence-electron chi connectivity index (χ1n) is 7.51. The van der Waals surface area contributed by atoms with E-state index in [9.17, 15) is 0 Å². The van der Waals surface area contributed by atoms with Crippen LogP contribution in [-0.4, -0.2) is 60.3 Å². The van der Waals surface area contributed by atoms with Gasteiger partial charge in [-0.2, -0.15) is 0 Å². The minimum absolute atomic E-state index is 0.290. The standard InChI is InChI=1S/C16H20N4O/c1-11-4-3-5-12-15(11)16(18-10-17-12)20-8-13-14(9-20)21-7-6-19(13)2/h3-5,10,13-14H,6-9H2,1-2H3. The minimum Gasteiger partial charge on any atom is -0.373 e. The van der Waals surface area contributed by atoms with Crippen LogP contribution in [0.25, 0.3) is 10.9 Å². The summed E-state index contributed by atoms with van der Waals surface area (Å²) in [5.41, 5.74) is 2.25. The van der Waals surface area contributed by atoms with E-state index in [0.717, 1.165) is 37.6 Å². The SMILES string of the molecule is Cc1cccc2ncnc(N3CC4OCCN(C)C4C3)c12. The molecule has 2 saturated heterocycles. The van der Waals surface area contributed by atoms with Crippen molar-refractivity contribution in [1.29, 1.82) is 0 Å². The van der Waals surface area contributed by atoms with Gasteiger partial charge < -0.3 is 9.64 Å². The zero-order chi connectivity index (χ0) is 14.4. The van der Waals surface area contributed by atoms with E-state index in [1.807, 2.05) is 0 Å².